The molecular weight excluding hydrogens is 1760 g/mol. The summed E-state index contributed by atoms with van der Waals surface area (Å²) < 4.78 is 228. The number of rotatable bonds is 4. The summed E-state index contributed by atoms with van der Waals surface area (Å²) in [7, 11) is -40.1. The molecule has 4 rings (SSSR count). The van der Waals surface area contributed by atoms with Crippen LogP contribution >= 0.6 is 247 Å². The van der Waals surface area contributed by atoms with Gasteiger partial charge in [0.15, 0.2) is 0 Å². The van der Waals surface area contributed by atoms with Crippen LogP contribution in [0.3, 0.4) is 0 Å². The molecule has 0 bridgehead atoms. The Labute approximate surface area is 544 Å². The smallest absolute Gasteiger partial charge is 1.00 e. The Morgan fingerprint density at radius 1 is 0.562 bits per heavy atom. The van der Waals surface area contributed by atoms with E-state index >= 15 is 0 Å². The summed E-state index contributed by atoms with van der Waals surface area (Å²) in [5.41, 5.74) is 4.79. The molecule has 20 nitrogen and oxygen atoms in total. The summed E-state index contributed by atoms with van der Waals surface area (Å²) in [4.78, 5) is 0. The number of aliphatic hydroxyl groups excluding tert-OH is 1. The number of nitrogens with one attached hydrogen (secondary N) is 1. The number of hydrogen-bond donors (Lipinski definition) is 4. The Balaban J connectivity index is -0.0000000777. The first-order valence-electron chi connectivity index (χ1n) is 14.8. The van der Waals surface area contributed by atoms with Gasteiger partial charge in [-0.2, -0.15) is 37.7 Å². The largest absolute Gasteiger partial charge is 1.00 e. The Kier molecular flexibility index (Phi) is 64.4. The van der Waals surface area contributed by atoms with Gasteiger partial charge in [0.05, 0.1) is 31.3 Å². The van der Waals surface area contributed by atoms with Crippen LogP contribution in [0.5, 0.6) is 0 Å². The van der Waals surface area contributed by atoms with Gasteiger partial charge in [-0.1, -0.05) is 26.7 Å². The van der Waals surface area contributed by atoms with Gasteiger partial charge in [-0.3, -0.25) is 4.52 Å². The van der Waals surface area contributed by atoms with Crippen molar-refractivity contribution >= 4 is 247 Å². The summed E-state index contributed by atoms with van der Waals surface area (Å²) in [5, 5.41) is 31.9. The Morgan fingerprint density at radius 3 is 0.988 bits per heavy atom. The number of aliphatic hydroxyl groups is 1. The predicted octanol–water partition coefficient (Wildman–Crippen LogP) is 24.2. The third-order valence-corrected chi connectivity index (χ3v) is 32.7. The van der Waals surface area contributed by atoms with E-state index in [9.17, 15) is 67.2 Å². The van der Waals surface area contributed by atoms with E-state index in [2.05, 4.69) is 48.5 Å². The van der Waals surface area contributed by atoms with Gasteiger partial charge in [-0.05, 0) is 67.4 Å². The second-order valence-electron chi connectivity index (χ2n) is 9.29. The molecule has 7 N–H and O–H groups in total. The van der Waals surface area contributed by atoms with E-state index in [1.54, 1.807) is 29.2 Å². The van der Waals surface area contributed by atoms with Crippen LogP contribution in [0.15, 0.2) is 54.2 Å². The molecule has 472 valence electrons. The van der Waals surface area contributed by atoms with Gasteiger partial charge in [-0.25, -0.2) is 5.09 Å². The van der Waals surface area contributed by atoms with E-state index in [0.717, 1.165) is 0 Å². The van der Waals surface area contributed by atoms with Crippen LogP contribution in [0.1, 0.15) is 21.8 Å². The molecule has 0 spiro atoms. The van der Waals surface area contributed by atoms with E-state index in [4.69, 9.17) is 176 Å². The van der Waals surface area contributed by atoms with Crippen molar-refractivity contribution in [1.82, 2.24) is 11.2 Å². The fraction of sp³-hybridized carbons (Fsp3) is 0.500. The molecule has 0 aromatic heterocycles. The molecule has 4 heterocycles. The van der Waals surface area contributed by atoms with E-state index < -0.39 is 120 Å². The molecule has 2 atom stereocenters. The molecule has 0 radical (unpaired) electrons. The van der Waals surface area contributed by atoms with Crippen molar-refractivity contribution in [3.05, 3.63) is 0 Å². The molecule has 66 heteroatoms. The third kappa shape index (κ3) is 70.5. The maximum Gasteiger partial charge on any atom is 1.00 e. The van der Waals surface area contributed by atoms with Crippen LogP contribution in [0.4, 0.5) is 67.2 Å². The quantitative estimate of drug-likeness (QED) is 0.0687. The van der Waals surface area contributed by atoms with Gasteiger partial charge in [0.2, 0.25) is 0 Å². The Bertz CT molecular complexity index is 2530. The van der Waals surface area contributed by atoms with Gasteiger partial charge in [-0.15, -0.1) is 125 Å². The van der Waals surface area contributed by atoms with Crippen molar-refractivity contribution in [3.8, 4) is 42.9 Å². The first-order chi connectivity index (χ1) is 32.5. The minimum atomic E-state index is -5.82. The topological polar surface area (TPSA) is 322 Å². The summed E-state index contributed by atoms with van der Waals surface area (Å²) in [6.07, 6.45) is 9.37. The minimum Gasteiger partial charge on any atom is -1.00 e. The van der Waals surface area contributed by atoms with Crippen LogP contribution in [0.25, 0.3) is 0 Å². The number of nitriles is 3. The summed E-state index contributed by atoms with van der Waals surface area (Å²) in [6.45, 7) is -0.0748. The van der Waals surface area contributed by atoms with Crippen LogP contribution in [0.2, 0.25) is 0 Å². The average Bonchev–Trinajstić information content (AvgIpc) is 3.07. The van der Waals surface area contributed by atoms with Gasteiger partial charge in [0.25, 0.3) is 17.7 Å². The maximum absolute atomic E-state index is 13.4. The fourth-order valence-corrected chi connectivity index (χ4v) is 36.2. The zero-order valence-electron chi connectivity index (χ0n) is 36.1. The normalized spacial score (nSPS) is 22.9. The van der Waals surface area contributed by atoms with Crippen LogP contribution in [-0.2, 0) is 19.7 Å². The van der Waals surface area contributed by atoms with Gasteiger partial charge in [0.1, 0.15) is 13.2 Å². The van der Waals surface area contributed by atoms with Crippen molar-refractivity contribution in [2.45, 2.75) is 21.8 Å². The van der Waals surface area contributed by atoms with Gasteiger partial charge >= 0.3 is 194 Å². The summed E-state index contributed by atoms with van der Waals surface area (Å²) in [5.74, 6) is -4.66. The van der Waals surface area contributed by atoms with Crippen molar-refractivity contribution in [2.75, 3.05) is 26.3 Å². The summed E-state index contributed by atoms with van der Waals surface area (Å²) >= 11 is 57.8. The van der Waals surface area contributed by atoms with Crippen LogP contribution in [0, 0.1) is 58.7 Å². The third-order valence-electron chi connectivity index (χ3n) is 3.47. The zero-order chi connectivity index (χ0) is 60.4. The second kappa shape index (κ2) is 47.0. The van der Waals surface area contributed by atoms with Gasteiger partial charge in [0, 0.05) is 6.92 Å². The van der Waals surface area contributed by atoms with Crippen molar-refractivity contribution in [2.24, 2.45) is 59.9 Å². The molecule has 4 aliphatic heterocycles. The number of nitrogens with zero attached hydrogens (tertiary/aromatic N) is 15. The molecule has 0 amide bonds. The number of hydrogen-bond acceptors (Lipinski definition) is 20. The molecule has 0 saturated heterocycles. The predicted molar refractivity (Wildman–Crippen MR) is 309 cm³/mol. The molecule has 2 unspecified atom stereocenters. The standard InChI is InChI=1S/C3H4F5N4P3.C3H5N.C2H2F5N4OP3.C2H3NO.C2H3N.2CH4.Cl6N3P3.Cl5P.3ClH.F6N3P3.FH.H3N.Na.Zn/c1-2-3-9-15(8)11-13(4,5)10-14(6,7)12-15;1-2-3-4;3-13(4)9-14(5,6)11-15(7,10-13)12-2-1-8;3-1-2-4;1-2-3;;;1-10(2)7-11(3,4)9-12(5,6)8-10;1-6(2,3,4)5;;;;1-10(2)7-11(3,4)9-12(5,6)8-10;;;;/h1,9H,3H2;1H,3-4H2;2H2;4H,2H2;1H3;2*1H4;;;3*1H;;1H;1H3;;/q;;;;;;;;;;;;;;;+1;+2/p-3. The number of nitrogens with two attached hydrogens (primary N) is 1. The van der Waals surface area contributed by atoms with E-state index in [1.807, 2.05) is 10.4 Å². The number of terminal acetylenes is 2. The first kappa shape index (κ1) is 110. The SMILES string of the molecule is C.C.C#CCN.C#CCNP1(F)=NP(F)(F)=NP(F)(F)=N1.CC#N.Cl.ClP(Cl)(Cl)(Cl)Cl.ClP1(Cl)=NP(Cl)(Cl)=NP(Cl)(Cl)=N1.FP1(F)=NP(F)(F)=NP(F)(F)=N1.N.N#CCO.N#CCOP1(F)=NP(F)(F)=NP(F)(F)=N1.[Cl][Zn][Cl].[F-].[Na+]. The zero-order valence-corrected chi connectivity index (χ0v) is 63.3. The molecule has 80 heavy (non-hydrogen) atoms. The molecule has 4 aliphatic rings. The number of halogens is 31. The second-order valence-corrected chi connectivity index (χ2v) is 60.8. The molecule has 0 aromatic carbocycles. The Morgan fingerprint density at radius 2 is 0.787 bits per heavy atom. The molecule has 0 saturated carbocycles. The van der Waals surface area contributed by atoms with Crippen LogP contribution < -0.4 is 51.2 Å². The molecule has 0 fully saturated rings. The maximum atomic E-state index is 13.4. The average molecular weight is 1790 g/mol. The van der Waals surface area contributed by atoms with Crippen LogP contribution in [-0.4, -0.2) is 31.4 Å². The fourth-order valence-electron chi connectivity index (χ4n) is 2.17. The molecule has 0 aliphatic carbocycles. The minimum absolute atomic E-state index is 0. The van der Waals surface area contributed by atoms with Crippen molar-refractivity contribution in [3.63, 3.8) is 0 Å². The Hall–Kier alpha value is 5.07. The molecule has 0 aromatic rings. The van der Waals surface area contributed by atoms with Crippen molar-refractivity contribution < 1.29 is 126 Å². The van der Waals surface area contributed by atoms with E-state index in [0.29, 0.717) is 6.54 Å². The van der Waals surface area contributed by atoms with Crippen molar-refractivity contribution in [1.29, 1.82) is 15.8 Å². The molecular formula is C14H29Cl14F17N18NaO2P13Zn. The first-order valence-corrected chi connectivity index (χ1v) is 53.3. The monoisotopic (exact) mass is 1780 g/mol. The van der Waals surface area contributed by atoms with E-state index in [-0.39, 0.29) is 74.3 Å². The van der Waals surface area contributed by atoms with E-state index in [1.165, 1.54) is 19.1 Å². The van der Waals surface area contributed by atoms with Gasteiger partial charge < -0.3 is 21.7 Å². The summed E-state index contributed by atoms with van der Waals surface area (Å²) in [6, 6.07) is 4.48.